The predicted molar refractivity (Wildman–Crippen MR) is 63.8 cm³/mol. The van der Waals surface area contributed by atoms with Gasteiger partial charge in [-0.25, -0.2) is 13.1 Å². The van der Waals surface area contributed by atoms with Gasteiger partial charge < -0.3 is 0 Å². The summed E-state index contributed by atoms with van der Waals surface area (Å²) < 4.78 is 30.3. The molecule has 0 unspecified atom stereocenters. The highest BCUT2D eigenvalue weighted by Gasteiger charge is 2.62. The van der Waals surface area contributed by atoms with Gasteiger partial charge in [-0.2, -0.15) is 0 Å². The molecule has 2 rings (SSSR count). The molecular formula is C11H20F2N2S. The number of hydrogen-bond acceptors (Lipinski definition) is 3. The van der Waals surface area contributed by atoms with Crippen LogP contribution in [0.5, 0.6) is 0 Å². The molecule has 94 valence electrons. The Morgan fingerprint density at radius 2 is 1.81 bits per heavy atom. The Morgan fingerprint density at radius 3 is 2.25 bits per heavy atom. The molecule has 0 aromatic heterocycles. The van der Waals surface area contributed by atoms with Gasteiger partial charge in [-0.1, -0.05) is 11.9 Å². The Balaban J connectivity index is 2.03. The largest absolute Gasteiger partial charge is 0.295 e. The smallest absolute Gasteiger partial charge is 0.268 e. The summed E-state index contributed by atoms with van der Waals surface area (Å²) in [6.45, 7) is 5.83. The second-order valence-corrected chi connectivity index (χ2v) is 6.16. The van der Waals surface area contributed by atoms with E-state index in [0.29, 0.717) is 19.5 Å². The minimum atomic E-state index is -2.53. The first-order valence-corrected chi connectivity index (χ1v) is 6.99. The summed E-state index contributed by atoms with van der Waals surface area (Å²) in [6, 6.07) is 0.222. The lowest BCUT2D eigenvalue weighted by atomic mass is 9.70. The summed E-state index contributed by atoms with van der Waals surface area (Å²) in [5.41, 5.74) is -0.735. The third kappa shape index (κ3) is 1.87. The average Bonchev–Trinajstić information content (AvgIpc) is 2.13. The normalized spacial score (nSPS) is 29.6. The molecule has 2 saturated heterocycles. The minimum absolute atomic E-state index is 0.0626. The van der Waals surface area contributed by atoms with Crippen LogP contribution in [0.15, 0.2) is 0 Å². The quantitative estimate of drug-likeness (QED) is 0.694. The lowest BCUT2D eigenvalue weighted by molar-refractivity contribution is -0.210. The first-order chi connectivity index (χ1) is 7.40. The van der Waals surface area contributed by atoms with Gasteiger partial charge in [0.15, 0.2) is 0 Å². The summed E-state index contributed by atoms with van der Waals surface area (Å²) in [5.74, 6) is -2.53. The molecular weight excluding hydrogens is 230 g/mol. The molecule has 2 aliphatic rings. The maximum atomic E-state index is 14.1. The van der Waals surface area contributed by atoms with E-state index in [0.717, 1.165) is 6.54 Å². The molecule has 0 aromatic carbocycles. The van der Waals surface area contributed by atoms with Gasteiger partial charge >= 0.3 is 0 Å². The molecule has 0 atom stereocenters. The van der Waals surface area contributed by atoms with Crippen LogP contribution in [0.1, 0.15) is 20.3 Å². The van der Waals surface area contributed by atoms with Crippen molar-refractivity contribution >= 4 is 11.9 Å². The van der Waals surface area contributed by atoms with E-state index < -0.39 is 11.3 Å². The monoisotopic (exact) mass is 250 g/mol. The predicted octanol–water partition coefficient (Wildman–Crippen LogP) is 2.32. The molecule has 5 heteroatoms. The summed E-state index contributed by atoms with van der Waals surface area (Å²) >= 11 is 1.57. The SMILES string of the molecule is CSN1CC2(CCN(C(C)C)CC2(F)F)C1. The third-order valence-corrected chi connectivity index (χ3v) is 4.78. The van der Waals surface area contributed by atoms with Gasteiger partial charge in [-0.05, 0) is 33.1 Å². The van der Waals surface area contributed by atoms with Crippen molar-refractivity contribution in [2.75, 3.05) is 32.4 Å². The van der Waals surface area contributed by atoms with Gasteiger partial charge in [0.1, 0.15) is 0 Å². The van der Waals surface area contributed by atoms with Gasteiger partial charge in [-0.3, -0.25) is 4.90 Å². The molecule has 0 N–H and O–H groups in total. The van der Waals surface area contributed by atoms with E-state index in [2.05, 4.69) is 0 Å². The molecule has 0 amide bonds. The van der Waals surface area contributed by atoms with E-state index in [1.807, 2.05) is 29.3 Å². The van der Waals surface area contributed by atoms with E-state index in [1.54, 1.807) is 11.9 Å². The molecule has 1 spiro atoms. The van der Waals surface area contributed by atoms with Crippen LogP contribution in [-0.2, 0) is 0 Å². The van der Waals surface area contributed by atoms with E-state index in [9.17, 15) is 8.78 Å². The van der Waals surface area contributed by atoms with Crippen LogP contribution in [0.3, 0.4) is 0 Å². The molecule has 0 saturated carbocycles. The lowest BCUT2D eigenvalue weighted by Gasteiger charge is -2.57. The molecule has 0 aromatic rings. The van der Waals surface area contributed by atoms with Crippen molar-refractivity contribution in [1.82, 2.24) is 9.21 Å². The molecule has 2 aliphatic heterocycles. The van der Waals surface area contributed by atoms with Crippen LogP contribution in [0.2, 0.25) is 0 Å². The Kier molecular flexibility index (Phi) is 3.23. The van der Waals surface area contributed by atoms with Gasteiger partial charge in [0, 0.05) is 19.1 Å². The molecule has 16 heavy (non-hydrogen) atoms. The molecule has 2 fully saturated rings. The van der Waals surface area contributed by atoms with Crippen molar-refractivity contribution in [2.24, 2.45) is 5.41 Å². The zero-order valence-corrected chi connectivity index (χ0v) is 11.0. The Labute approximate surface area is 100 Å². The molecule has 0 aliphatic carbocycles. The minimum Gasteiger partial charge on any atom is -0.295 e. The average molecular weight is 250 g/mol. The van der Waals surface area contributed by atoms with E-state index >= 15 is 0 Å². The van der Waals surface area contributed by atoms with Crippen molar-refractivity contribution < 1.29 is 8.78 Å². The van der Waals surface area contributed by atoms with E-state index in [4.69, 9.17) is 0 Å². The summed E-state index contributed by atoms with van der Waals surface area (Å²) in [6.07, 6.45) is 2.59. The van der Waals surface area contributed by atoms with Crippen molar-refractivity contribution in [3.8, 4) is 0 Å². The second kappa shape index (κ2) is 4.10. The van der Waals surface area contributed by atoms with Crippen LogP contribution < -0.4 is 0 Å². The fourth-order valence-electron chi connectivity index (χ4n) is 2.63. The number of hydrogen-bond donors (Lipinski definition) is 0. The van der Waals surface area contributed by atoms with Crippen molar-refractivity contribution in [1.29, 1.82) is 0 Å². The van der Waals surface area contributed by atoms with Crippen LogP contribution >= 0.6 is 11.9 Å². The number of nitrogens with zero attached hydrogens (tertiary/aromatic N) is 2. The zero-order valence-electron chi connectivity index (χ0n) is 10.2. The standard InChI is InChI=1S/C11H20F2N2S/c1-9(2)14-5-4-10(11(12,13)8-14)6-15(7-10)16-3/h9H,4-8H2,1-3H3. The van der Waals surface area contributed by atoms with Crippen LogP contribution in [0.25, 0.3) is 0 Å². The summed E-state index contributed by atoms with van der Waals surface area (Å²) in [7, 11) is 0. The van der Waals surface area contributed by atoms with Crippen LogP contribution in [0, 0.1) is 5.41 Å². The number of alkyl halides is 2. The maximum Gasteiger partial charge on any atom is 0.268 e. The van der Waals surface area contributed by atoms with E-state index in [-0.39, 0.29) is 12.6 Å². The molecule has 2 nitrogen and oxygen atoms in total. The fourth-order valence-corrected chi connectivity index (χ4v) is 3.38. The van der Waals surface area contributed by atoms with Gasteiger partial charge in [-0.15, -0.1) is 0 Å². The number of piperidine rings is 1. The molecule has 2 heterocycles. The maximum absolute atomic E-state index is 14.1. The first-order valence-electron chi connectivity index (χ1n) is 5.81. The zero-order chi connectivity index (χ0) is 12.0. The van der Waals surface area contributed by atoms with E-state index in [1.165, 1.54) is 0 Å². The van der Waals surface area contributed by atoms with Gasteiger partial charge in [0.2, 0.25) is 0 Å². The fraction of sp³-hybridized carbons (Fsp3) is 1.00. The van der Waals surface area contributed by atoms with Crippen molar-refractivity contribution in [2.45, 2.75) is 32.2 Å². The topological polar surface area (TPSA) is 6.48 Å². The number of likely N-dealkylation sites (tertiary alicyclic amines) is 1. The Morgan fingerprint density at radius 1 is 1.19 bits per heavy atom. The number of rotatable bonds is 2. The van der Waals surface area contributed by atoms with Crippen molar-refractivity contribution in [3.63, 3.8) is 0 Å². The summed E-state index contributed by atoms with van der Waals surface area (Å²) in [5, 5.41) is 0. The van der Waals surface area contributed by atoms with Crippen LogP contribution in [0.4, 0.5) is 8.78 Å². The molecule has 0 radical (unpaired) electrons. The number of halogens is 2. The van der Waals surface area contributed by atoms with Gasteiger partial charge in [0.05, 0.1) is 12.0 Å². The Bertz CT molecular complexity index is 265. The second-order valence-electron chi connectivity index (χ2n) is 5.28. The third-order valence-electron chi connectivity index (χ3n) is 4.00. The lowest BCUT2D eigenvalue weighted by Crippen LogP contribution is -2.69. The van der Waals surface area contributed by atoms with Gasteiger partial charge in [0.25, 0.3) is 5.92 Å². The summed E-state index contributed by atoms with van der Waals surface area (Å²) in [4.78, 5) is 1.90. The highest BCUT2D eigenvalue weighted by atomic mass is 32.2. The van der Waals surface area contributed by atoms with Crippen LogP contribution in [-0.4, -0.2) is 53.6 Å². The molecule has 0 bridgehead atoms. The first kappa shape index (κ1) is 12.6. The van der Waals surface area contributed by atoms with Crippen molar-refractivity contribution in [3.05, 3.63) is 0 Å². The highest BCUT2D eigenvalue weighted by molar-refractivity contribution is 7.96. The Hall–Kier alpha value is 0.130. The highest BCUT2D eigenvalue weighted by Crippen LogP contribution is 2.51.